The Kier molecular flexibility index (Phi) is 9.00. The third-order valence-corrected chi connectivity index (χ3v) is 12.7. The number of hydrogen-bond acceptors (Lipinski definition) is 8. The number of aromatic nitrogens is 4. The van der Waals surface area contributed by atoms with Gasteiger partial charge in [0.1, 0.15) is 40.3 Å². The minimum absolute atomic E-state index is 0.143. The van der Waals surface area contributed by atoms with Crippen molar-refractivity contribution in [1.82, 2.24) is 19.9 Å². The lowest BCUT2D eigenvalue weighted by atomic mass is 9.75. The Morgan fingerprint density at radius 3 is 0.967 bits per heavy atom. The highest BCUT2D eigenvalue weighted by Crippen LogP contribution is 2.49. The summed E-state index contributed by atoms with van der Waals surface area (Å²) in [7, 11) is 0. The van der Waals surface area contributed by atoms with Gasteiger partial charge in [0.2, 0.25) is 0 Å². The van der Waals surface area contributed by atoms with Gasteiger partial charge < -0.3 is 60.8 Å². The van der Waals surface area contributed by atoms with Crippen LogP contribution in [-0.4, -0.2) is 60.8 Å². The lowest BCUT2D eigenvalue weighted by molar-refractivity contribution is 0.419. The second kappa shape index (κ2) is 13.8. The van der Waals surface area contributed by atoms with Gasteiger partial charge >= 0.3 is 0 Å². The topological polar surface area (TPSA) is 225 Å². The fraction of sp³-hybridized carbons (Fsp3) is 0.167. The number of benzene rings is 3. The van der Waals surface area contributed by atoms with Gasteiger partial charge in [-0.2, -0.15) is 0 Å². The van der Waals surface area contributed by atoms with Gasteiger partial charge in [-0.05, 0) is 141 Å². The molecule has 3 aromatic carbocycles. The van der Waals surface area contributed by atoms with E-state index >= 15 is 0 Å². The molecular weight excluding hydrogens is 761 g/mol. The van der Waals surface area contributed by atoms with Gasteiger partial charge in [0.05, 0.1) is 27.9 Å². The first-order chi connectivity index (χ1) is 28.4. The molecule has 0 saturated heterocycles. The number of aliphatic hydroxyl groups excluding tert-OH is 2. The molecule has 7 aromatic rings. The number of hydrogen-bond donors (Lipinski definition) is 12. The molecule has 12 heteroatoms. The Hall–Kier alpha value is -7.60. The Balaban J connectivity index is 1.49. The van der Waals surface area contributed by atoms with Crippen LogP contribution in [0.25, 0.3) is 0 Å². The molecule has 2 atom stereocenters. The third-order valence-electron chi connectivity index (χ3n) is 12.7. The van der Waals surface area contributed by atoms with Crippen molar-refractivity contribution in [3.8, 4) is 34.5 Å². The van der Waals surface area contributed by atoms with Crippen molar-refractivity contribution in [1.29, 1.82) is 0 Å². The maximum atomic E-state index is 10.8. The zero-order chi connectivity index (χ0) is 42.9. The summed E-state index contributed by atoms with van der Waals surface area (Å²) in [6, 6.07) is 28.6. The number of aromatic hydroxyl groups is 6. The van der Waals surface area contributed by atoms with Crippen molar-refractivity contribution in [2.24, 2.45) is 0 Å². The zero-order valence-corrected chi connectivity index (χ0v) is 33.3. The summed E-state index contributed by atoms with van der Waals surface area (Å²) in [6.45, 7) is 12.2. The second-order valence-electron chi connectivity index (χ2n) is 16.3. The van der Waals surface area contributed by atoms with Crippen LogP contribution >= 0.6 is 0 Å². The van der Waals surface area contributed by atoms with Gasteiger partial charge in [-0.3, -0.25) is 0 Å². The average Bonchev–Trinajstić information content (AvgIpc) is 4.03. The largest absolute Gasteiger partial charge is 0.515 e. The van der Waals surface area contributed by atoms with Crippen molar-refractivity contribution < 1.29 is 40.9 Å². The van der Waals surface area contributed by atoms with E-state index in [1.165, 1.54) is 24.3 Å². The number of H-pyrrole nitrogens is 4. The molecule has 12 nitrogen and oxygen atoms in total. The number of phenols is 6. The molecule has 12 N–H and O–H groups in total. The number of aliphatic hydroxyl groups is 2. The molecule has 306 valence electrons. The van der Waals surface area contributed by atoms with E-state index in [1.54, 1.807) is 36.4 Å². The Bertz CT molecular complexity index is 2670. The third kappa shape index (κ3) is 5.98. The van der Waals surface area contributed by atoms with E-state index < -0.39 is 21.7 Å². The number of fused-ring (bicyclic) bond motifs is 8. The average molecular weight is 807 g/mol. The summed E-state index contributed by atoms with van der Waals surface area (Å²) in [5.41, 5.74) is 2.81. The molecule has 4 aromatic heterocycles. The van der Waals surface area contributed by atoms with Crippen LogP contribution < -0.4 is 0 Å². The van der Waals surface area contributed by atoms with Crippen LogP contribution in [0.2, 0.25) is 0 Å². The second-order valence-corrected chi connectivity index (χ2v) is 16.3. The van der Waals surface area contributed by atoms with Gasteiger partial charge in [-0.25, -0.2) is 0 Å². The predicted octanol–water partition coefficient (Wildman–Crippen LogP) is 8.98. The van der Waals surface area contributed by atoms with Crippen LogP contribution in [0.1, 0.15) is 89.9 Å². The van der Waals surface area contributed by atoms with E-state index in [9.17, 15) is 40.9 Å². The van der Waals surface area contributed by atoms with E-state index in [0.717, 1.165) is 12.3 Å². The van der Waals surface area contributed by atoms with Crippen molar-refractivity contribution in [3.63, 3.8) is 0 Å². The smallest absolute Gasteiger partial charge is 0.119 e. The standard InChI is InChI=1S/C48H46N4O8/c1-26(16-30(54)14-15-53)45(2)37-6-8-39(49-37)46(3,27-17-31(55)23-32(56)18-27)41-10-12-43(51-41)48(5,29-21-35(59)25-36(60)22-29)44-13-11-42(52-44)47(4,40-9-7-38(45)50-40)28-19-33(57)24-34(58)20-28/h6-25,49-60H,1H2,2-5H3/b15-14+,30-16+. The molecule has 8 rings (SSSR count). The predicted molar refractivity (Wildman–Crippen MR) is 227 cm³/mol. The minimum atomic E-state index is -1.12. The molecule has 1 aliphatic heterocycles. The molecule has 0 radical (unpaired) electrons. The molecule has 5 heterocycles. The number of rotatable bonds is 6. The molecule has 0 spiro atoms. The van der Waals surface area contributed by atoms with Crippen molar-refractivity contribution in [2.45, 2.75) is 49.4 Å². The minimum Gasteiger partial charge on any atom is -0.515 e. The number of nitrogens with one attached hydrogen (secondary N) is 4. The van der Waals surface area contributed by atoms with Crippen LogP contribution in [0, 0.1) is 0 Å². The van der Waals surface area contributed by atoms with Gasteiger partial charge in [-0.1, -0.05) is 6.58 Å². The monoisotopic (exact) mass is 806 g/mol. The number of allylic oxidation sites excluding steroid dienone is 3. The summed E-state index contributed by atoms with van der Waals surface area (Å²) in [4.78, 5) is 14.6. The Morgan fingerprint density at radius 2 is 0.700 bits per heavy atom. The van der Waals surface area contributed by atoms with E-state index in [2.05, 4.69) is 26.5 Å². The van der Waals surface area contributed by atoms with Gasteiger partial charge in [0.25, 0.3) is 0 Å². The Labute approximate surface area is 345 Å². The van der Waals surface area contributed by atoms with E-state index in [-0.39, 0.29) is 40.3 Å². The molecule has 0 saturated carbocycles. The maximum Gasteiger partial charge on any atom is 0.119 e. The number of phenolic OH excluding ortho intramolecular Hbond substituents is 6. The normalized spacial score (nSPS) is 22.9. The fourth-order valence-electron chi connectivity index (χ4n) is 8.87. The van der Waals surface area contributed by atoms with Crippen LogP contribution in [-0.2, 0) is 21.7 Å². The van der Waals surface area contributed by atoms with Crippen LogP contribution in [0.15, 0.2) is 139 Å². The molecule has 0 aliphatic carbocycles. The van der Waals surface area contributed by atoms with Gasteiger partial charge in [0.15, 0.2) is 0 Å². The molecule has 0 amide bonds. The van der Waals surface area contributed by atoms with Crippen molar-refractivity contribution >= 4 is 0 Å². The van der Waals surface area contributed by atoms with Crippen LogP contribution in [0.3, 0.4) is 0 Å². The number of aromatic amines is 4. The van der Waals surface area contributed by atoms with E-state index in [1.807, 2.05) is 76.2 Å². The summed E-state index contributed by atoms with van der Waals surface area (Å²) < 4.78 is 0. The highest BCUT2D eigenvalue weighted by atomic mass is 16.3. The summed E-state index contributed by atoms with van der Waals surface area (Å²) in [6.07, 6.45) is 3.33. The summed E-state index contributed by atoms with van der Waals surface area (Å²) in [5, 5.41) is 85.2. The van der Waals surface area contributed by atoms with Gasteiger partial charge in [-0.15, -0.1) is 0 Å². The molecule has 2 unspecified atom stereocenters. The van der Waals surface area contributed by atoms with E-state index in [4.69, 9.17) is 0 Å². The van der Waals surface area contributed by atoms with E-state index in [0.29, 0.717) is 67.8 Å². The molecule has 60 heavy (non-hydrogen) atoms. The lowest BCUT2D eigenvalue weighted by Gasteiger charge is -2.34. The molecule has 1 aliphatic rings. The van der Waals surface area contributed by atoms with Crippen molar-refractivity contribution in [3.05, 3.63) is 202 Å². The van der Waals surface area contributed by atoms with Crippen LogP contribution in [0.4, 0.5) is 0 Å². The van der Waals surface area contributed by atoms with Crippen LogP contribution in [0.5, 0.6) is 34.5 Å². The zero-order valence-electron chi connectivity index (χ0n) is 33.3. The molecule has 8 bridgehead atoms. The quantitative estimate of drug-likeness (QED) is 0.0572. The SMILES string of the molecule is C=C(/C=C(O)\C=C\O)C1(C)c2ccc([nH]2)C(C)(c2cc(O)cc(O)c2)c2ccc([nH]2)C(C)(c2cc(O)cc(O)c2)c2ccc([nH]2)C(C)(c2cc(O)cc(O)c2)c2ccc1[nH]2. The first kappa shape index (κ1) is 39.2. The summed E-state index contributed by atoms with van der Waals surface area (Å²) >= 11 is 0. The fourth-order valence-corrected chi connectivity index (χ4v) is 8.87. The molecular formula is C48H46N4O8. The lowest BCUT2D eigenvalue weighted by Crippen LogP contribution is -2.32. The van der Waals surface area contributed by atoms with Gasteiger partial charge in [0, 0.05) is 69.8 Å². The first-order valence-corrected chi connectivity index (χ1v) is 19.2. The maximum absolute atomic E-state index is 10.8. The highest BCUT2D eigenvalue weighted by Gasteiger charge is 2.44. The first-order valence-electron chi connectivity index (χ1n) is 19.2. The molecule has 0 fully saturated rings. The summed E-state index contributed by atoms with van der Waals surface area (Å²) in [5.74, 6) is -1.11. The Morgan fingerprint density at radius 1 is 0.450 bits per heavy atom. The van der Waals surface area contributed by atoms with Crippen molar-refractivity contribution in [2.75, 3.05) is 0 Å². The highest BCUT2D eigenvalue weighted by molar-refractivity contribution is 5.59.